The smallest absolute Gasteiger partial charge is 0.321 e. The predicted molar refractivity (Wildman–Crippen MR) is 87.8 cm³/mol. The number of ether oxygens (including phenoxy) is 1. The summed E-state index contributed by atoms with van der Waals surface area (Å²) in [7, 11) is 1.66. The van der Waals surface area contributed by atoms with Gasteiger partial charge in [-0.05, 0) is 32.3 Å². The summed E-state index contributed by atoms with van der Waals surface area (Å²) >= 11 is 0. The van der Waals surface area contributed by atoms with Crippen LogP contribution in [0.2, 0.25) is 0 Å². The number of nitrogens with one attached hydrogen (secondary N) is 1. The molecule has 0 saturated carbocycles. The summed E-state index contributed by atoms with van der Waals surface area (Å²) in [5, 5.41) is 13.9. The molecule has 0 aromatic heterocycles. The Morgan fingerprint density at radius 2 is 2.22 bits per heavy atom. The summed E-state index contributed by atoms with van der Waals surface area (Å²) in [4.78, 5) is 24.9. The third-order valence-corrected chi connectivity index (χ3v) is 4.28. The van der Waals surface area contributed by atoms with Crippen LogP contribution in [-0.2, 0) is 4.74 Å². The highest BCUT2D eigenvalue weighted by atomic mass is 16.6. The molecule has 1 aliphatic rings. The molecule has 1 fully saturated rings. The Kier molecular flexibility index (Phi) is 5.54. The van der Waals surface area contributed by atoms with Crippen LogP contribution in [0.3, 0.4) is 0 Å². The van der Waals surface area contributed by atoms with E-state index in [0.29, 0.717) is 36.9 Å². The van der Waals surface area contributed by atoms with Crippen LogP contribution in [0, 0.1) is 29.9 Å². The number of rotatable bonds is 4. The number of carbonyl (C=O) groups is 1. The zero-order chi connectivity index (χ0) is 17.0. The molecule has 1 saturated heterocycles. The molecule has 0 aliphatic carbocycles. The lowest BCUT2D eigenvalue weighted by Crippen LogP contribution is -2.43. The predicted octanol–water partition coefficient (Wildman–Crippen LogP) is 3.10. The quantitative estimate of drug-likeness (QED) is 0.682. The normalized spacial score (nSPS) is 17.9. The minimum Gasteiger partial charge on any atom is -0.384 e. The summed E-state index contributed by atoms with van der Waals surface area (Å²) < 4.78 is 5.17. The Morgan fingerprint density at radius 1 is 1.48 bits per heavy atom. The van der Waals surface area contributed by atoms with Gasteiger partial charge in [0.2, 0.25) is 0 Å². The average Bonchev–Trinajstić information content (AvgIpc) is 2.51. The standard InChI is InChI=1S/C16H23N3O4/c1-11-6-7-14(19(21)22)12(2)15(11)17-16(20)18-8-4-5-13(9-18)10-23-3/h6-7,13H,4-5,8-10H2,1-3H3,(H,17,20)/t13-/m1/s1. The minimum absolute atomic E-state index is 0.0156. The highest BCUT2D eigenvalue weighted by Crippen LogP contribution is 2.29. The van der Waals surface area contributed by atoms with Gasteiger partial charge in [-0.15, -0.1) is 0 Å². The van der Waals surface area contributed by atoms with Crippen molar-refractivity contribution in [3.05, 3.63) is 33.4 Å². The van der Waals surface area contributed by atoms with Crippen molar-refractivity contribution < 1.29 is 14.5 Å². The minimum atomic E-state index is -0.431. The largest absolute Gasteiger partial charge is 0.384 e. The molecule has 1 aliphatic heterocycles. The van der Waals surface area contributed by atoms with Crippen molar-refractivity contribution in [3.8, 4) is 0 Å². The van der Waals surface area contributed by atoms with Crippen molar-refractivity contribution >= 4 is 17.4 Å². The molecular formula is C16H23N3O4. The van der Waals surface area contributed by atoms with E-state index in [1.807, 2.05) is 6.92 Å². The van der Waals surface area contributed by atoms with Gasteiger partial charge in [0, 0.05) is 32.2 Å². The number of hydrogen-bond donors (Lipinski definition) is 1. The number of benzene rings is 1. The molecule has 2 amide bonds. The molecule has 0 bridgehead atoms. The van der Waals surface area contributed by atoms with Gasteiger partial charge in [-0.2, -0.15) is 0 Å². The fraction of sp³-hybridized carbons (Fsp3) is 0.562. The number of likely N-dealkylation sites (tertiary alicyclic amines) is 1. The van der Waals surface area contributed by atoms with Gasteiger partial charge in [0.25, 0.3) is 5.69 Å². The van der Waals surface area contributed by atoms with E-state index in [4.69, 9.17) is 4.74 Å². The summed E-state index contributed by atoms with van der Waals surface area (Å²) in [6, 6.07) is 2.91. The lowest BCUT2D eigenvalue weighted by molar-refractivity contribution is -0.385. The van der Waals surface area contributed by atoms with E-state index in [0.717, 1.165) is 18.4 Å². The summed E-state index contributed by atoms with van der Waals surface area (Å²) in [5.74, 6) is 0.340. The van der Waals surface area contributed by atoms with Crippen LogP contribution in [0.4, 0.5) is 16.2 Å². The highest BCUT2D eigenvalue weighted by molar-refractivity contribution is 5.92. The molecule has 1 atom stereocenters. The van der Waals surface area contributed by atoms with Gasteiger partial charge >= 0.3 is 6.03 Å². The molecule has 1 N–H and O–H groups in total. The molecule has 1 aromatic carbocycles. The van der Waals surface area contributed by atoms with Crippen molar-refractivity contribution in [2.45, 2.75) is 26.7 Å². The van der Waals surface area contributed by atoms with E-state index in [-0.39, 0.29) is 11.7 Å². The first-order valence-electron chi connectivity index (χ1n) is 7.73. The molecule has 0 radical (unpaired) electrons. The van der Waals surface area contributed by atoms with Gasteiger partial charge in [-0.1, -0.05) is 6.07 Å². The topological polar surface area (TPSA) is 84.7 Å². The van der Waals surface area contributed by atoms with Gasteiger partial charge in [0.05, 0.1) is 22.8 Å². The van der Waals surface area contributed by atoms with E-state index in [1.165, 1.54) is 6.07 Å². The lowest BCUT2D eigenvalue weighted by atomic mass is 9.99. The fourth-order valence-electron chi connectivity index (χ4n) is 3.03. The molecule has 1 aromatic rings. The number of amides is 2. The summed E-state index contributed by atoms with van der Waals surface area (Å²) in [6.07, 6.45) is 1.99. The van der Waals surface area contributed by atoms with Crippen LogP contribution >= 0.6 is 0 Å². The average molecular weight is 321 g/mol. The first-order valence-corrected chi connectivity index (χ1v) is 7.73. The second-order valence-electron chi connectivity index (χ2n) is 6.00. The molecule has 126 valence electrons. The molecule has 1 heterocycles. The van der Waals surface area contributed by atoms with Crippen LogP contribution in [0.5, 0.6) is 0 Å². The van der Waals surface area contributed by atoms with Gasteiger partial charge < -0.3 is 15.0 Å². The van der Waals surface area contributed by atoms with Crippen LogP contribution in [-0.4, -0.2) is 42.7 Å². The Balaban J connectivity index is 2.14. The van der Waals surface area contributed by atoms with Crippen molar-refractivity contribution in [2.75, 3.05) is 32.1 Å². The zero-order valence-corrected chi connectivity index (χ0v) is 13.8. The number of methoxy groups -OCH3 is 1. The molecule has 7 heteroatoms. The highest BCUT2D eigenvalue weighted by Gasteiger charge is 2.25. The van der Waals surface area contributed by atoms with E-state index in [2.05, 4.69) is 5.32 Å². The maximum Gasteiger partial charge on any atom is 0.321 e. The van der Waals surface area contributed by atoms with Crippen molar-refractivity contribution in [3.63, 3.8) is 0 Å². The van der Waals surface area contributed by atoms with Gasteiger partial charge in [0.15, 0.2) is 0 Å². The first-order chi connectivity index (χ1) is 10.9. The maximum absolute atomic E-state index is 12.5. The Bertz CT molecular complexity index is 601. The van der Waals surface area contributed by atoms with E-state index >= 15 is 0 Å². The van der Waals surface area contributed by atoms with E-state index in [9.17, 15) is 14.9 Å². The third-order valence-electron chi connectivity index (χ3n) is 4.28. The molecule has 7 nitrogen and oxygen atoms in total. The zero-order valence-electron chi connectivity index (χ0n) is 13.8. The molecule has 0 unspecified atom stereocenters. The number of nitrogens with zero attached hydrogens (tertiary/aromatic N) is 2. The Labute approximate surface area is 135 Å². The molecular weight excluding hydrogens is 298 g/mol. The van der Waals surface area contributed by atoms with Crippen molar-refractivity contribution in [1.82, 2.24) is 4.90 Å². The summed E-state index contributed by atoms with van der Waals surface area (Å²) in [5.41, 5.74) is 1.83. The van der Waals surface area contributed by atoms with Crippen LogP contribution in [0.15, 0.2) is 12.1 Å². The van der Waals surface area contributed by atoms with Crippen LogP contribution in [0.1, 0.15) is 24.0 Å². The number of hydrogen-bond acceptors (Lipinski definition) is 4. The molecule has 23 heavy (non-hydrogen) atoms. The maximum atomic E-state index is 12.5. The number of anilines is 1. The van der Waals surface area contributed by atoms with Gasteiger partial charge in [-0.3, -0.25) is 10.1 Å². The van der Waals surface area contributed by atoms with Gasteiger partial charge in [0.1, 0.15) is 0 Å². The molecule has 2 rings (SSSR count). The van der Waals surface area contributed by atoms with Crippen LogP contribution < -0.4 is 5.32 Å². The third kappa shape index (κ3) is 3.98. The SMILES string of the molecule is COC[C@@H]1CCCN(C(=O)Nc2c(C)ccc([N+](=O)[O-])c2C)C1. The fourth-order valence-corrected chi connectivity index (χ4v) is 3.03. The molecule has 0 spiro atoms. The Morgan fingerprint density at radius 3 is 2.87 bits per heavy atom. The van der Waals surface area contributed by atoms with Gasteiger partial charge in [-0.25, -0.2) is 4.79 Å². The number of nitro groups is 1. The summed E-state index contributed by atoms with van der Waals surface area (Å²) in [6.45, 7) is 5.46. The number of piperidine rings is 1. The lowest BCUT2D eigenvalue weighted by Gasteiger charge is -2.32. The van der Waals surface area contributed by atoms with E-state index < -0.39 is 4.92 Å². The number of nitro benzene ring substituents is 1. The van der Waals surface area contributed by atoms with Crippen molar-refractivity contribution in [2.24, 2.45) is 5.92 Å². The monoisotopic (exact) mass is 321 g/mol. The second-order valence-corrected chi connectivity index (χ2v) is 6.00. The van der Waals surface area contributed by atoms with Crippen molar-refractivity contribution in [1.29, 1.82) is 0 Å². The first kappa shape index (κ1) is 17.2. The second kappa shape index (κ2) is 7.41. The Hall–Kier alpha value is -2.15. The number of urea groups is 1. The van der Waals surface area contributed by atoms with E-state index in [1.54, 1.807) is 25.0 Å². The number of aryl methyl sites for hydroxylation is 1. The number of carbonyl (C=O) groups excluding carboxylic acids is 1. The van der Waals surface area contributed by atoms with Crippen LogP contribution in [0.25, 0.3) is 0 Å².